The number of anilines is 1. The van der Waals surface area contributed by atoms with E-state index >= 15 is 0 Å². The Morgan fingerprint density at radius 3 is 2.58 bits per heavy atom. The van der Waals surface area contributed by atoms with E-state index in [0.29, 0.717) is 36.4 Å². The fraction of sp³-hybridized carbons (Fsp3) is 0.520. The second-order valence-corrected chi connectivity index (χ2v) is 10.4. The molecular weight excluding hydrogens is 466 g/mol. The first-order chi connectivity index (χ1) is 16.9. The Hall–Kier alpha value is -3.76. The Morgan fingerprint density at radius 1 is 1.19 bits per heavy atom. The zero-order chi connectivity index (χ0) is 26.2. The van der Waals surface area contributed by atoms with E-state index in [1.54, 1.807) is 45.9 Å². The number of aryl methyl sites for hydroxylation is 1. The van der Waals surface area contributed by atoms with E-state index in [9.17, 15) is 24.0 Å². The number of hydrogen-bond donors (Lipinski definition) is 3. The summed E-state index contributed by atoms with van der Waals surface area (Å²) in [6, 6.07) is 4.12. The SMILES string of the molecule is Cc1nc2c(NC(=O)C3CC(CNC(=O)OC(C)(C)C)C3)cccc2c(=O)n1C1CCC(=O)NC1=O. The van der Waals surface area contributed by atoms with E-state index in [4.69, 9.17) is 4.74 Å². The van der Waals surface area contributed by atoms with Crippen LogP contribution in [-0.4, -0.2) is 45.5 Å². The van der Waals surface area contributed by atoms with Gasteiger partial charge in [0, 0.05) is 18.9 Å². The van der Waals surface area contributed by atoms with Crippen molar-refractivity contribution < 1.29 is 23.9 Å². The maximum absolute atomic E-state index is 13.3. The minimum Gasteiger partial charge on any atom is -0.444 e. The quantitative estimate of drug-likeness (QED) is 0.536. The number of imide groups is 1. The van der Waals surface area contributed by atoms with Crippen LogP contribution in [0.15, 0.2) is 23.0 Å². The van der Waals surface area contributed by atoms with Gasteiger partial charge < -0.3 is 15.4 Å². The Morgan fingerprint density at radius 2 is 1.92 bits per heavy atom. The van der Waals surface area contributed by atoms with Gasteiger partial charge in [-0.1, -0.05) is 6.07 Å². The average molecular weight is 498 g/mol. The number of rotatable bonds is 5. The minimum atomic E-state index is -0.813. The van der Waals surface area contributed by atoms with Crippen molar-refractivity contribution in [2.75, 3.05) is 11.9 Å². The second-order valence-electron chi connectivity index (χ2n) is 10.4. The van der Waals surface area contributed by atoms with Crippen LogP contribution in [0.1, 0.15) is 58.3 Å². The topological polar surface area (TPSA) is 148 Å². The van der Waals surface area contributed by atoms with Crippen molar-refractivity contribution in [1.82, 2.24) is 20.2 Å². The third-order valence-corrected chi connectivity index (χ3v) is 6.43. The first-order valence-electron chi connectivity index (χ1n) is 12.1. The van der Waals surface area contributed by atoms with Gasteiger partial charge in [-0.3, -0.25) is 29.1 Å². The van der Waals surface area contributed by atoms with Gasteiger partial charge in [-0.05, 0) is 65.0 Å². The van der Waals surface area contributed by atoms with Crippen LogP contribution in [-0.2, 0) is 19.1 Å². The molecule has 4 amide bonds. The van der Waals surface area contributed by atoms with E-state index in [1.165, 1.54) is 4.57 Å². The number of hydrogen-bond acceptors (Lipinski definition) is 7. The molecule has 4 rings (SSSR count). The minimum absolute atomic E-state index is 0.145. The molecular formula is C25H31N5O6. The van der Waals surface area contributed by atoms with Crippen molar-refractivity contribution in [2.45, 2.75) is 65.0 Å². The molecule has 2 aliphatic rings. The molecule has 3 N–H and O–H groups in total. The molecule has 1 saturated carbocycles. The lowest BCUT2D eigenvalue weighted by Crippen LogP contribution is -2.45. The third kappa shape index (κ3) is 5.39. The fourth-order valence-electron chi connectivity index (χ4n) is 4.62. The third-order valence-electron chi connectivity index (χ3n) is 6.43. The lowest BCUT2D eigenvalue weighted by Gasteiger charge is -2.34. The molecule has 36 heavy (non-hydrogen) atoms. The summed E-state index contributed by atoms with van der Waals surface area (Å²) in [7, 11) is 0. The Balaban J connectivity index is 1.43. The molecule has 1 saturated heterocycles. The first kappa shape index (κ1) is 25.3. The number of amides is 4. The summed E-state index contributed by atoms with van der Waals surface area (Å²) in [6.07, 6.45) is 1.14. The molecule has 1 aromatic carbocycles. The van der Waals surface area contributed by atoms with Crippen LogP contribution < -0.4 is 21.5 Å². The second kappa shape index (κ2) is 9.71. The van der Waals surface area contributed by atoms with Gasteiger partial charge in [-0.15, -0.1) is 0 Å². The number of nitrogens with one attached hydrogen (secondary N) is 3. The predicted molar refractivity (Wildman–Crippen MR) is 131 cm³/mol. The highest BCUT2D eigenvalue weighted by Gasteiger charge is 2.35. The van der Waals surface area contributed by atoms with Crippen molar-refractivity contribution in [3.8, 4) is 0 Å². The van der Waals surface area contributed by atoms with E-state index in [0.717, 1.165) is 0 Å². The van der Waals surface area contributed by atoms with Crippen LogP contribution in [0.2, 0.25) is 0 Å². The maximum Gasteiger partial charge on any atom is 0.407 e. The molecule has 0 bridgehead atoms. The molecule has 2 heterocycles. The lowest BCUT2D eigenvalue weighted by atomic mass is 9.74. The zero-order valence-electron chi connectivity index (χ0n) is 20.8. The van der Waals surface area contributed by atoms with E-state index < -0.39 is 29.2 Å². The zero-order valence-corrected chi connectivity index (χ0v) is 20.8. The molecule has 1 aliphatic heterocycles. The molecule has 1 aliphatic carbocycles. The Bertz CT molecular complexity index is 1290. The summed E-state index contributed by atoms with van der Waals surface area (Å²) >= 11 is 0. The van der Waals surface area contributed by atoms with Gasteiger partial charge in [-0.25, -0.2) is 9.78 Å². The molecule has 1 aromatic heterocycles. The van der Waals surface area contributed by atoms with Crippen LogP contribution in [0.5, 0.6) is 0 Å². The Labute approximate surface area is 208 Å². The number of carbonyl (C=O) groups excluding carboxylic acids is 4. The molecule has 1 atom stereocenters. The number of carbonyl (C=O) groups is 4. The van der Waals surface area contributed by atoms with Crippen molar-refractivity contribution in [2.24, 2.45) is 11.8 Å². The lowest BCUT2D eigenvalue weighted by molar-refractivity contribution is -0.135. The van der Waals surface area contributed by atoms with Gasteiger partial charge in [0.15, 0.2) is 0 Å². The molecule has 11 heteroatoms. The van der Waals surface area contributed by atoms with Gasteiger partial charge >= 0.3 is 6.09 Å². The molecule has 0 spiro atoms. The smallest absolute Gasteiger partial charge is 0.407 e. The highest BCUT2D eigenvalue weighted by atomic mass is 16.6. The fourth-order valence-corrected chi connectivity index (χ4v) is 4.62. The standard InChI is InChI=1S/C25H31N5O6/c1-13-27-20-16(23(34)30(13)18-8-9-19(31)29-22(18)33)6-5-7-17(20)28-21(32)15-10-14(11-15)12-26-24(35)36-25(2,3)4/h5-7,14-15,18H,8-12H2,1-4H3,(H,26,35)(H,28,32)(H,29,31,33). The van der Waals surface area contributed by atoms with Gasteiger partial charge in [0.1, 0.15) is 23.0 Å². The largest absolute Gasteiger partial charge is 0.444 e. The van der Waals surface area contributed by atoms with E-state index in [-0.39, 0.29) is 41.9 Å². The van der Waals surface area contributed by atoms with Gasteiger partial charge in [0.2, 0.25) is 17.7 Å². The van der Waals surface area contributed by atoms with E-state index in [1.807, 2.05) is 0 Å². The van der Waals surface area contributed by atoms with Crippen molar-refractivity contribution in [1.29, 1.82) is 0 Å². The maximum atomic E-state index is 13.3. The monoisotopic (exact) mass is 497 g/mol. The number of para-hydroxylation sites is 1. The summed E-state index contributed by atoms with van der Waals surface area (Å²) in [5.74, 6) is -0.773. The van der Waals surface area contributed by atoms with Gasteiger partial charge in [0.05, 0.1) is 11.1 Å². The number of piperidine rings is 1. The van der Waals surface area contributed by atoms with Crippen LogP contribution >= 0.6 is 0 Å². The molecule has 11 nitrogen and oxygen atoms in total. The molecule has 192 valence electrons. The molecule has 2 fully saturated rings. The van der Waals surface area contributed by atoms with Crippen LogP contribution in [0.25, 0.3) is 10.9 Å². The summed E-state index contributed by atoms with van der Waals surface area (Å²) in [5.41, 5.74) is -0.204. The normalized spacial score (nSPS) is 21.9. The average Bonchev–Trinajstić information content (AvgIpc) is 2.73. The number of fused-ring (bicyclic) bond motifs is 1. The van der Waals surface area contributed by atoms with Crippen molar-refractivity contribution in [3.63, 3.8) is 0 Å². The predicted octanol–water partition coefficient (Wildman–Crippen LogP) is 2.17. The number of benzene rings is 1. The Kier molecular flexibility index (Phi) is 6.83. The number of nitrogens with zero attached hydrogens (tertiary/aromatic N) is 2. The van der Waals surface area contributed by atoms with Crippen molar-refractivity contribution >= 4 is 40.4 Å². The highest BCUT2D eigenvalue weighted by Crippen LogP contribution is 2.34. The van der Waals surface area contributed by atoms with Gasteiger partial charge in [0.25, 0.3) is 5.56 Å². The van der Waals surface area contributed by atoms with Gasteiger partial charge in [-0.2, -0.15) is 0 Å². The number of alkyl carbamates (subject to hydrolysis) is 1. The first-order valence-corrected chi connectivity index (χ1v) is 12.1. The summed E-state index contributed by atoms with van der Waals surface area (Å²) in [5, 5.41) is 8.17. The summed E-state index contributed by atoms with van der Waals surface area (Å²) in [6.45, 7) is 7.45. The highest BCUT2D eigenvalue weighted by molar-refractivity contribution is 6.02. The number of ether oxygens (including phenoxy) is 1. The van der Waals surface area contributed by atoms with Crippen LogP contribution in [0, 0.1) is 18.8 Å². The number of aromatic nitrogens is 2. The molecule has 2 aromatic rings. The van der Waals surface area contributed by atoms with Crippen LogP contribution in [0.4, 0.5) is 10.5 Å². The molecule has 1 unspecified atom stereocenters. The molecule has 0 radical (unpaired) electrons. The van der Waals surface area contributed by atoms with Crippen molar-refractivity contribution in [3.05, 3.63) is 34.4 Å². The van der Waals surface area contributed by atoms with E-state index in [2.05, 4.69) is 20.9 Å². The van der Waals surface area contributed by atoms with Crippen LogP contribution in [0.3, 0.4) is 0 Å². The summed E-state index contributed by atoms with van der Waals surface area (Å²) in [4.78, 5) is 66.3. The summed E-state index contributed by atoms with van der Waals surface area (Å²) < 4.78 is 6.54.